The number of halogens is 2. The maximum atomic E-state index is 12.9. The summed E-state index contributed by atoms with van der Waals surface area (Å²) in [7, 11) is 0. The molecule has 2 N–H and O–H groups in total. The van der Waals surface area contributed by atoms with Crippen LogP contribution in [0.15, 0.2) is 34.9 Å². The lowest BCUT2D eigenvalue weighted by Gasteiger charge is -2.02. The minimum Gasteiger partial charge on any atom is -0.383 e. The third-order valence-corrected chi connectivity index (χ3v) is 2.68. The second-order valence-electron chi connectivity index (χ2n) is 3.33. The maximum absolute atomic E-state index is 12.9. The molecule has 2 rings (SSSR count). The average molecular weight is 282 g/mol. The summed E-state index contributed by atoms with van der Waals surface area (Å²) < 4.78 is 13.6. The van der Waals surface area contributed by atoms with Crippen molar-refractivity contribution in [3.63, 3.8) is 0 Å². The highest BCUT2D eigenvalue weighted by molar-refractivity contribution is 9.10. The van der Waals surface area contributed by atoms with Crippen LogP contribution in [0.1, 0.15) is 11.4 Å². The Labute approximate surface area is 101 Å². The fraction of sp³-hybridized carbons (Fsp3) is 0.0909. The van der Waals surface area contributed by atoms with Crippen molar-refractivity contribution < 1.29 is 4.39 Å². The van der Waals surface area contributed by atoms with Gasteiger partial charge in [-0.2, -0.15) is 0 Å². The number of hydrogen-bond acceptors (Lipinski definition) is 3. The lowest BCUT2D eigenvalue weighted by molar-refractivity contribution is 0.626. The van der Waals surface area contributed by atoms with E-state index in [1.807, 2.05) is 6.07 Å². The fourth-order valence-corrected chi connectivity index (χ4v) is 1.52. The first kappa shape index (κ1) is 11.0. The Kier molecular flexibility index (Phi) is 3.14. The van der Waals surface area contributed by atoms with Gasteiger partial charge in [-0.1, -0.05) is 12.1 Å². The van der Waals surface area contributed by atoms with Crippen LogP contribution in [0.3, 0.4) is 0 Å². The molecule has 3 nitrogen and oxygen atoms in total. The zero-order valence-corrected chi connectivity index (χ0v) is 9.91. The second kappa shape index (κ2) is 4.57. The lowest BCUT2D eigenvalue weighted by Crippen LogP contribution is -2.01. The summed E-state index contributed by atoms with van der Waals surface area (Å²) in [6, 6.07) is 6.35. The van der Waals surface area contributed by atoms with Crippen LogP contribution in [0.25, 0.3) is 0 Å². The molecular formula is C11H9BrFN3. The molecule has 0 unspecified atom stereocenters. The van der Waals surface area contributed by atoms with Gasteiger partial charge in [0.25, 0.3) is 0 Å². The van der Waals surface area contributed by atoms with Crippen molar-refractivity contribution in [3.05, 3.63) is 52.1 Å². The van der Waals surface area contributed by atoms with E-state index in [4.69, 9.17) is 5.73 Å². The summed E-state index contributed by atoms with van der Waals surface area (Å²) in [6.45, 7) is 0. The molecule has 2 aromatic rings. The molecule has 0 aliphatic heterocycles. The number of hydrogen-bond donors (Lipinski definition) is 1. The van der Waals surface area contributed by atoms with E-state index in [9.17, 15) is 4.39 Å². The van der Waals surface area contributed by atoms with Gasteiger partial charge in [-0.25, -0.2) is 14.4 Å². The van der Waals surface area contributed by atoms with E-state index in [2.05, 4.69) is 25.9 Å². The van der Waals surface area contributed by atoms with E-state index in [1.165, 1.54) is 12.1 Å². The highest BCUT2D eigenvalue weighted by atomic mass is 79.9. The first-order valence-corrected chi connectivity index (χ1v) is 5.46. The molecule has 0 aliphatic rings. The third-order valence-electron chi connectivity index (χ3n) is 2.07. The normalized spacial score (nSPS) is 10.4. The zero-order valence-electron chi connectivity index (χ0n) is 8.32. The van der Waals surface area contributed by atoms with Gasteiger partial charge in [-0.05, 0) is 33.6 Å². The maximum Gasteiger partial charge on any atom is 0.141 e. The lowest BCUT2D eigenvalue weighted by atomic mass is 10.1. The minimum atomic E-state index is -0.261. The highest BCUT2D eigenvalue weighted by Gasteiger charge is 2.03. The third kappa shape index (κ3) is 2.55. The Morgan fingerprint density at radius 3 is 2.88 bits per heavy atom. The van der Waals surface area contributed by atoms with Gasteiger partial charge in [0.2, 0.25) is 0 Å². The van der Waals surface area contributed by atoms with Gasteiger partial charge < -0.3 is 5.73 Å². The summed E-state index contributed by atoms with van der Waals surface area (Å²) in [6.07, 6.45) is 2.06. The van der Waals surface area contributed by atoms with Crippen molar-refractivity contribution in [2.45, 2.75) is 6.42 Å². The quantitative estimate of drug-likeness (QED) is 0.921. The topological polar surface area (TPSA) is 51.8 Å². The molecule has 0 fully saturated rings. The molecule has 1 aromatic carbocycles. The highest BCUT2D eigenvalue weighted by Crippen LogP contribution is 2.16. The molecule has 0 aliphatic carbocycles. The Bertz CT molecular complexity index is 516. The zero-order chi connectivity index (χ0) is 11.5. The van der Waals surface area contributed by atoms with Gasteiger partial charge in [-0.3, -0.25) is 0 Å². The van der Waals surface area contributed by atoms with Crippen LogP contribution < -0.4 is 5.73 Å². The molecule has 0 amide bonds. The largest absolute Gasteiger partial charge is 0.383 e. The van der Waals surface area contributed by atoms with Gasteiger partial charge in [0.15, 0.2) is 0 Å². The number of benzene rings is 1. The Morgan fingerprint density at radius 2 is 2.19 bits per heavy atom. The van der Waals surface area contributed by atoms with Crippen LogP contribution in [0.5, 0.6) is 0 Å². The number of nitrogens with two attached hydrogens (primary N) is 1. The van der Waals surface area contributed by atoms with Crippen molar-refractivity contribution in [2.75, 3.05) is 5.73 Å². The van der Waals surface area contributed by atoms with E-state index in [1.54, 1.807) is 12.3 Å². The van der Waals surface area contributed by atoms with Crippen molar-refractivity contribution in [1.82, 2.24) is 9.97 Å². The number of rotatable bonds is 2. The van der Waals surface area contributed by atoms with Gasteiger partial charge in [0.1, 0.15) is 17.5 Å². The number of anilines is 1. The fourth-order valence-electron chi connectivity index (χ4n) is 1.33. The molecule has 0 bridgehead atoms. The van der Waals surface area contributed by atoms with Crippen molar-refractivity contribution in [3.8, 4) is 0 Å². The molecule has 0 spiro atoms. The monoisotopic (exact) mass is 281 g/mol. The van der Waals surface area contributed by atoms with Crippen LogP contribution in [0, 0.1) is 5.82 Å². The number of aromatic nitrogens is 2. The summed E-state index contributed by atoms with van der Waals surface area (Å²) >= 11 is 3.22. The summed E-state index contributed by atoms with van der Waals surface area (Å²) in [5, 5.41) is 0. The predicted octanol–water partition coefficient (Wildman–Crippen LogP) is 2.55. The minimum absolute atomic E-state index is 0.261. The summed E-state index contributed by atoms with van der Waals surface area (Å²) in [5.41, 5.74) is 6.45. The Hall–Kier alpha value is -1.49. The smallest absolute Gasteiger partial charge is 0.141 e. The van der Waals surface area contributed by atoms with Crippen LogP contribution >= 0.6 is 15.9 Å². The standard InChI is InChI=1S/C11H9BrFN3/c12-9-6-15-10(16-11(9)14)5-7-2-1-3-8(13)4-7/h1-4,6H,5H2,(H2,14,15,16). The van der Waals surface area contributed by atoms with Crippen LogP contribution in [0.2, 0.25) is 0 Å². The van der Waals surface area contributed by atoms with Gasteiger partial charge in [0.05, 0.1) is 4.47 Å². The Morgan fingerprint density at radius 1 is 1.38 bits per heavy atom. The molecule has 82 valence electrons. The van der Waals surface area contributed by atoms with Gasteiger partial charge in [-0.15, -0.1) is 0 Å². The van der Waals surface area contributed by atoms with E-state index < -0.39 is 0 Å². The van der Waals surface area contributed by atoms with E-state index in [-0.39, 0.29) is 5.82 Å². The molecule has 16 heavy (non-hydrogen) atoms. The molecule has 1 aromatic heterocycles. The molecule has 0 radical (unpaired) electrons. The van der Waals surface area contributed by atoms with Gasteiger partial charge in [0, 0.05) is 12.6 Å². The first-order chi connectivity index (χ1) is 7.65. The van der Waals surface area contributed by atoms with Crippen molar-refractivity contribution in [1.29, 1.82) is 0 Å². The molecule has 0 atom stereocenters. The van der Waals surface area contributed by atoms with Crippen LogP contribution in [-0.2, 0) is 6.42 Å². The van der Waals surface area contributed by atoms with Gasteiger partial charge >= 0.3 is 0 Å². The van der Waals surface area contributed by atoms with Crippen LogP contribution in [0.4, 0.5) is 10.2 Å². The molecule has 1 heterocycles. The summed E-state index contributed by atoms with van der Waals surface area (Å²) in [4.78, 5) is 8.20. The van der Waals surface area contributed by atoms with Crippen LogP contribution in [-0.4, -0.2) is 9.97 Å². The molecule has 5 heteroatoms. The Balaban J connectivity index is 2.24. The van der Waals surface area contributed by atoms with E-state index in [0.717, 1.165) is 5.56 Å². The SMILES string of the molecule is Nc1nc(Cc2cccc(F)c2)ncc1Br. The predicted molar refractivity (Wildman–Crippen MR) is 63.4 cm³/mol. The summed E-state index contributed by atoms with van der Waals surface area (Å²) in [5.74, 6) is 0.704. The van der Waals surface area contributed by atoms with E-state index in [0.29, 0.717) is 22.5 Å². The second-order valence-corrected chi connectivity index (χ2v) is 4.18. The number of nitrogens with zero attached hydrogens (tertiary/aromatic N) is 2. The number of nitrogen functional groups attached to an aromatic ring is 1. The molecular weight excluding hydrogens is 273 g/mol. The van der Waals surface area contributed by atoms with E-state index >= 15 is 0 Å². The molecule has 0 saturated heterocycles. The molecule has 0 saturated carbocycles. The van der Waals surface area contributed by atoms with Crippen molar-refractivity contribution in [2.24, 2.45) is 0 Å². The first-order valence-electron chi connectivity index (χ1n) is 4.66. The average Bonchev–Trinajstić information content (AvgIpc) is 2.24. The van der Waals surface area contributed by atoms with Crippen molar-refractivity contribution >= 4 is 21.7 Å².